The summed E-state index contributed by atoms with van der Waals surface area (Å²) in [7, 11) is 4.52. The fourth-order valence-electron chi connectivity index (χ4n) is 10.1. The maximum absolute atomic E-state index is 14.4. The van der Waals surface area contributed by atoms with Crippen LogP contribution in [0.15, 0.2) is 47.6 Å². The molecule has 0 aromatic heterocycles. The predicted octanol–water partition coefficient (Wildman–Crippen LogP) is 6.18. The van der Waals surface area contributed by atoms with Crippen molar-refractivity contribution in [2.75, 3.05) is 27.9 Å². The van der Waals surface area contributed by atoms with Gasteiger partial charge in [0.1, 0.15) is 30.1 Å². The van der Waals surface area contributed by atoms with Crippen LogP contribution >= 0.6 is 0 Å². The number of rotatable bonds is 6. The average molecular weight is 914 g/mol. The Morgan fingerprint density at radius 1 is 0.846 bits per heavy atom. The van der Waals surface area contributed by atoms with Crippen LogP contribution in [0.4, 0.5) is 0 Å². The molecule has 0 radical (unpaired) electrons. The first kappa shape index (κ1) is 54.2. The van der Waals surface area contributed by atoms with Crippen molar-refractivity contribution in [2.24, 2.45) is 35.5 Å². The number of Topliss-reactive ketones (excluding diaryl/α,β-unsaturated/α-hetero) is 3. The maximum atomic E-state index is 14.4. The fourth-order valence-corrected chi connectivity index (χ4v) is 10.1. The number of hydrogen-bond donors (Lipinski definition) is 3. The molecule has 3 aliphatic heterocycles. The molecule has 2 bridgehead atoms. The minimum atomic E-state index is -2.43. The highest BCUT2D eigenvalue weighted by molar-refractivity contribution is 6.39. The Balaban J connectivity index is 1.70. The normalized spacial score (nSPS) is 37.8. The van der Waals surface area contributed by atoms with Gasteiger partial charge in [-0.15, -0.1) is 0 Å². The summed E-state index contributed by atoms with van der Waals surface area (Å²) in [6.45, 7) is 12.7. The van der Waals surface area contributed by atoms with Gasteiger partial charge in [-0.3, -0.25) is 19.2 Å². The van der Waals surface area contributed by atoms with Gasteiger partial charge in [0.2, 0.25) is 5.79 Å². The van der Waals surface area contributed by atoms with Gasteiger partial charge in [-0.1, -0.05) is 71.1 Å². The molecule has 14 nitrogen and oxygen atoms in total. The lowest BCUT2D eigenvalue weighted by Gasteiger charge is -2.42. The summed E-state index contributed by atoms with van der Waals surface area (Å²) in [5.74, 6) is -7.96. The molecule has 4 rings (SSSR count). The van der Waals surface area contributed by atoms with E-state index in [1.54, 1.807) is 41.1 Å². The number of aliphatic hydroxyl groups excluding tert-OH is 2. The number of allylic oxidation sites excluding steroid dienone is 6. The lowest BCUT2D eigenvalue weighted by Crippen LogP contribution is -2.61. The number of carbonyl (C=O) groups excluding carboxylic acids is 5. The number of esters is 1. The number of fused-ring (bicyclic) bond motifs is 3. The van der Waals surface area contributed by atoms with E-state index >= 15 is 0 Å². The van der Waals surface area contributed by atoms with Crippen LogP contribution in [0, 0.1) is 35.5 Å². The molecule has 14 heteroatoms. The molecule has 3 N–H and O–H groups in total. The minimum absolute atomic E-state index is 0.0193. The molecule has 1 unspecified atom stereocenters. The largest absolute Gasteiger partial charge is 0.460 e. The van der Waals surface area contributed by atoms with Crippen LogP contribution in [0.25, 0.3) is 0 Å². The Hall–Kier alpha value is -3.37. The van der Waals surface area contributed by atoms with E-state index in [4.69, 9.17) is 23.7 Å². The Morgan fingerprint density at radius 2 is 1.57 bits per heavy atom. The van der Waals surface area contributed by atoms with E-state index in [9.17, 15) is 39.3 Å². The van der Waals surface area contributed by atoms with Crippen molar-refractivity contribution >= 4 is 29.2 Å². The third-order valence-corrected chi connectivity index (χ3v) is 14.5. The summed E-state index contributed by atoms with van der Waals surface area (Å²) in [5.41, 5.74) is 1.27. The molecule has 0 aromatic carbocycles. The van der Waals surface area contributed by atoms with Gasteiger partial charge in [0.25, 0.3) is 11.7 Å². The van der Waals surface area contributed by atoms with E-state index in [0.717, 1.165) is 12.0 Å². The number of amides is 1. The smallest absolute Gasteiger partial charge is 0.329 e. The van der Waals surface area contributed by atoms with Gasteiger partial charge in [0.05, 0.1) is 24.4 Å². The minimum Gasteiger partial charge on any atom is -0.460 e. The molecule has 1 aliphatic carbocycles. The summed E-state index contributed by atoms with van der Waals surface area (Å²) in [4.78, 5) is 71.8. The average Bonchev–Trinajstić information content (AvgIpc) is 3.28. The third-order valence-electron chi connectivity index (χ3n) is 14.5. The summed E-state index contributed by atoms with van der Waals surface area (Å²) in [5, 5.41) is 33.8. The summed E-state index contributed by atoms with van der Waals surface area (Å²) in [6, 6.07) is -1.14. The molecule has 3 fully saturated rings. The first-order chi connectivity index (χ1) is 30.7. The van der Waals surface area contributed by atoms with Crippen molar-refractivity contribution in [1.29, 1.82) is 0 Å². The van der Waals surface area contributed by atoms with Crippen molar-refractivity contribution in [3.63, 3.8) is 0 Å². The zero-order chi connectivity index (χ0) is 48.2. The monoisotopic (exact) mass is 914 g/mol. The van der Waals surface area contributed by atoms with Crippen molar-refractivity contribution in [3.8, 4) is 0 Å². The molecule has 15 atom stereocenters. The molecule has 0 aromatic rings. The zero-order valence-electron chi connectivity index (χ0n) is 40.6. The summed E-state index contributed by atoms with van der Waals surface area (Å²) in [6.07, 6.45) is 11.2. The van der Waals surface area contributed by atoms with E-state index in [2.05, 4.69) is 0 Å². The quantitative estimate of drug-likeness (QED) is 0.156. The highest BCUT2D eigenvalue weighted by atomic mass is 16.6. The van der Waals surface area contributed by atoms with Crippen LogP contribution in [0.2, 0.25) is 0 Å². The van der Waals surface area contributed by atoms with E-state index in [1.165, 1.54) is 12.0 Å². The predicted molar refractivity (Wildman–Crippen MR) is 245 cm³/mol. The van der Waals surface area contributed by atoms with Crippen molar-refractivity contribution in [3.05, 3.63) is 47.6 Å². The van der Waals surface area contributed by atoms with Crippen molar-refractivity contribution < 1.29 is 63.0 Å². The lowest BCUT2D eigenvalue weighted by atomic mass is 9.78. The highest BCUT2D eigenvalue weighted by Gasteiger charge is 2.53. The Morgan fingerprint density at radius 3 is 2.25 bits per heavy atom. The lowest BCUT2D eigenvalue weighted by molar-refractivity contribution is -0.265. The maximum Gasteiger partial charge on any atom is 0.329 e. The molecular weight excluding hydrogens is 835 g/mol. The zero-order valence-corrected chi connectivity index (χ0v) is 40.6. The molecule has 1 amide bonds. The number of ketones is 3. The first-order valence-corrected chi connectivity index (χ1v) is 23.9. The Kier molecular flexibility index (Phi) is 21.0. The highest BCUT2D eigenvalue weighted by Crippen LogP contribution is 2.38. The molecule has 3 heterocycles. The van der Waals surface area contributed by atoms with Gasteiger partial charge in [-0.25, -0.2) is 4.79 Å². The van der Waals surface area contributed by atoms with Gasteiger partial charge in [-0.05, 0) is 107 Å². The second-order valence-electron chi connectivity index (χ2n) is 19.6. The van der Waals surface area contributed by atoms with E-state index in [1.807, 2.05) is 58.1 Å². The van der Waals surface area contributed by atoms with Crippen molar-refractivity contribution in [2.45, 2.75) is 180 Å². The van der Waals surface area contributed by atoms with E-state index < -0.39 is 83.9 Å². The third kappa shape index (κ3) is 14.3. The number of hydrogen-bond acceptors (Lipinski definition) is 13. The number of cyclic esters (lactones) is 1. The van der Waals surface area contributed by atoms with Crippen LogP contribution in [0.1, 0.15) is 126 Å². The van der Waals surface area contributed by atoms with Crippen LogP contribution in [-0.4, -0.2) is 132 Å². The first-order valence-electron chi connectivity index (χ1n) is 23.9. The molecule has 4 aliphatic rings. The molecule has 366 valence electrons. The van der Waals surface area contributed by atoms with E-state index in [0.29, 0.717) is 63.4 Å². The summed E-state index contributed by atoms with van der Waals surface area (Å²) >= 11 is 0. The topological polar surface area (TPSA) is 195 Å². The fraction of sp³-hybridized carbons (Fsp3) is 0.745. The van der Waals surface area contributed by atoms with Crippen molar-refractivity contribution in [1.82, 2.24) is 4.90 Å². The van der Waals surface area contributed by atoms with Crippen LogP contribution in [0.3, 0.4) is 0 Å². The van der Waals surface area contributed by atoms with Gasteiger partial charge in [-0.2, -0.15) is 0 Å². The van der Waals surface area contributed by atoms with Crippen LogP contribution in [-0.2, 0) is 47.7 Å². The number of piperidine rings is 1. The van der Waals surface area contributed by atoms with Gasteiger partial charge in [0.15, 0.2) is 5.78 Å². The van der Waals surface area contributed by atoms with Crippen LogP contribution < -0.4 is 0 Å². The van der Waals surface area contributed by atoms with Gasteiger partial charge < -0.3 is 43.9 Å². The molecule has 1 saturated carbocycles. The number of aliphatic hydroxyl groups is 3. The summed E-state index contributed by atoms with van der Waals surface area (Å²) < 4.78 is 29.4. The molecule has 65 heavy (non-hydrogen) atoms. The molecule has 2 saturated heterocycles. The molecular formula is C51H79NO13. The van der Waals surface area contributed by atoms with Gasteiger partial charge in [0, 0.05) is 58.5 Å². The Labute approximate surface area is 387 Å². The number of methoxy groups -OCH3 is 3. The second-order valence-corrected chi connectivity index (χ2v) is 19.6. The second kappa shape index (κ2) is 25.1. The van der Waals surface area contributed by atoms with E-state index in [-0.39, 0.29) is 54.8 Å². The number of ether oxygens (including phenoxy) is 5. The molecule has 0 spiro atoms. The number of nitrogens with zero attached hydrogens (tertiary/aromatic N) is 1. The number of carbonyl (C=O) groups is 5. The Bertz CT molecular complexity index is 1760. The standard InChI is InChI=1S/C51H79NO13/c1-30-16-12-11-13-17-31(2)42(61-8)28-38-21-19-36(7)51(60,65-38)48(57)49(58)52-23-15-14-18-39(52)50(59)64-43(33(4)26-37-20-22-40(53)44(27-37)62-9)29-41(54)32(3)25-35(6)46(56)47(63-10)45(55)34(5)24-30/h11-13,16-17,25,30,32-34,36-40,42-44,46-47,53,56,60H,14-15,18-24,26-29H2,1-10H3/t30-,32-,33-,34-,36-,37+,38+,39+,40-,42+,43+,44?,46-,47+,51-/m1/s1. The van der Waals surface area contributed by atoms with Crippen LogP contribution in [0.5, 0.6) is 0 Å². The van der Waals surface area contributed by atoms with Gasteiger partial charge >= 0.3 is 5.97 Å². The SMILES string of the molecule is COC1C[C@H](C[C@@H](C)[C@@H]2CC(=O)[C@H](C)C=C(C)[C@@H](O)[C@@H](OC)C(=O)[C@H](C)C[C@H](C)C=CC=CC=C(C)[C@@H](OC)C[C@@H]3CC[C@@H](C)[C@@](O)(O3)C(=O)C(=O)N3CCCC[C@H]3C(=O)O2)CC[C@H]1O.